The minimum atomic E-state index is 0.229. The third-order valence-corrected chi connectivity index (χ3v) is 4.56. The van der Waals surface area contributed by atoms with Crippen molar-refractivity contribution in [2.24, 2.45) is 0 Å². The average Bonchev–Trinajstić information content (AvgIpc) is 2.74. The van der Waals surface area contributed by atoms with E-state index in [2.05, 4.69) is 22.5 Å². The summed E-state index contributed by atoms with van der Waals surface area (Å²) < 4.78 is 2.18. The van der Waals surface area contributed by atoms with Gasteiger partial charge in [0.15, 0.2) is 0 Å². The molecule has 0 aromatic carbocycles. The lowest BCUT2D eigenvalue weighted by atomic mass is 9.97. The first-order valence-corrected chi connectivity index (χ1v) is 7.23. The molecule has 5 heteroatoms. The second kappa shape index (κ2) is 4.70. The molecule has 98 valence electrons. The molecule has 0 aliphatic heterocycles. The van der Waals surface area contributed by atoms with E-state index >= 15 is 0 Å². The van der Waals surface area contributed by atoms with Crippen LogP contribution in [-0.4, -0.2) is 9.55 Å². The van der Waals surface area contributed by atoms with Crippen LogP contribution in [-0.2, 0) is 19.4 Å². The molecular formula is C14H13Cl2N3. The number of hydrogen-bond acceptors (Lipinski definition) is 2. The van der Waals surface area contributed by atoms with E-state index in [1.807, 2.05) is 0 Å². The fourth-order valence-electron chi connectivity index (χ4n) is 3.03. The van der Waals surface area contributed by atoms with Gasteiger partial charge in [-0.1, -0.05) is 23.2 Å². The van der Waals surface area contributed by atoms with Crippen molar-refractivity contribution in [2.75, 3.05) is 0 Å². The summed E-state index contributed by atoms with van der Waals surface area (Å²) in [6, 6.07) is 2.19. The molecule has 0 saturated carbocycles. The van der Waals surface area contributed by atoms with Gasteiger partial charge in [0.1, 0.15) is 11.2 Å². The first kappa shape index (κ1) is 12.8. The fraction of sp³-hybridized carbons (Fsp3) is 0.429. The lowest BCUT2D eigenvalue weighted by molar-refractivity contribution is 0.630. The molecule has 0 fully saturated rings. The highest BCUT2D eigenvalue weighted by Crippen LogP contribution is 2.37. The van der Waals surface area contributed by atoms with Gasteiger partial charge in [0.2, 0.25) is 0 Å². The van der Waals surface area contributed by atoms with E-state index in [1.165, 1.54) is 24.1 Å². The highest BCUT2D eigenvalue weighted by atomic mass is 35.5. The minimum absolute atomic E-state index is 0.229. The zero-order valence-corrected chi connectivity index (χ0v) is 12.1. The number of nitrogens with zero attached hydrogens (tertiary/aromatic N) is 3. The van der Waals surface area contributed by atoms with Crippen LogP contribution < -0.4 is 0 Å². The Labute approximate surface area is 121 Å². The molecule has 0 radical (unpaired) electrons. The van der Waals surface area contributed by atoms with E-state index in [1.54, 1.807) is 0 Å². The molecule has 0 bridgehead atoms. The molecule has 2 aromatic heterocycles. The topological polar surface area (TPSA) is 41.6 Å². The maximum Gasteiger partial charge on any atom is 0.149 e. The van der Waals surface area contributed by atoms with Crippen molar-refractivity contribution >= 4 is 34.2 Å². The molecule has 19 heavy (non-hydrogen) atoms. The van der Waals surface area contributed by atoms with Crippen LogP contribution in [0.3, 0.4) is 0 Å². The van der Waals surface area contributed by atoms with Crippen LogP contribution >= 0.6 is 23.2 Å². The summed E-state index contributed by atoms with van der Waals surface area (Å²) in [6.45, 7) is 2.90. The third-order valence-electron chi connectivity index (χ3n) is 3.82. The smallest absolute Gasteiger partial charge is 0.149 e. The Morgan fingerprint density at radius 2 is 2.05 bits per heavy atom. The molecule has 0 unspecified atom stereocenters. The molecule has 3 rings (SSSR count). The van der Waals surface area contributed by atoms with E-state index < -0.39 is 0 Å². The van der Waals surface area contributed by atoms with Crippen LogP contribution in [0.25, 0.3) is 11.0 Å². The number of fused-ring (bicyclic) bond motifs is 3. The molecular weight excluding hydrogens is 281 g/mol. The minimum Gasteiger partial charge on any atom is -0.342 e. The maximum atomic E-state index is 9.39. The van der Waals surface area contributed by atoms with Crippen molar-refractivity contribution in [1.82, 2.24) is 9.55 Å². The standard InChI is InChI=1S/C14H13Cl2N3/c1-2-19-10-6-4-3-5-8(10)12-13(19)9(7-17)11(15)14(16)18-12/h2-6H2,1H3. The van der Waals surface area contributed by atoms with Crippen molar-refractivity contribution in [3.63, 3.8) is 0 Å². The van der Waals surface area contributed by atoms with Crippen LogP contribution in [0, 0.1) is 11.3 Å². The fourth-order valence-corrected chi connectivity index (χ4v) is 3.38. The molecule has 0 saturated heterocycles. The van der Waals surface area contributed by atoms with Crippen LogP contribution in [0.1, 0.15) is 36.6 Å². The summed E-state index contributed by atoms with van der Waals surface area (Å²) in [5, 5.41) is 9.88. The summed E-state index contributed by atoms with van der Waals surface area (Å²) in [6.07, 6.45) is 4.40. The van der Waals surface area contributed by atoms with E-state index in [0.717, 1.165) is 30.4 Å². The lowest BCUT2D eigenvalue weighted by Gasteiger charge is -2.14. The summed E-state index contributed by atoms with van der Waals surface area (Å²) in [5.41, 5.74) is 4.71. The van der Waals surface area contributed by atoms with Crippen LogP contribution in [0.2, 0.25) is 10.2 Å². The molecule has 0 N–H and O–H groups in total. The zero-order valence-electron chi connectivity index (χ0n) is 10.6. The average molecular weight is 294 g/mol. The van der Waals surface area contributed by atoms with Crippen molar-refractivity contribution in [2.45, 2.75) is 39.2 Å². The quantitative estimate of drug-likeness (QED) is 0.743. The summed E-state index contributed by atoms with van der Waals surface area (Å²) in [7, 11) is 0. The largest absolute Gasteiger partial charge is 0.342 e. The van der Waals surface area contributed by atoms with Gasteiger partial charge in [-0.15, -0.1) is 0 Å². The number of nitriles is 1. The van der Waals surface area contributed by atoms with Gasteiger partial charge in [-0.3, -0.25) is 0 Å². The summed E-state index contributed by atoms with van der Waals surface area (Å²) >= 11 is 12.2. The third kappa shape index (κ3) is 1.74. The maximum absolute atomic E-state index is 9.39. The van der Waals surface area contributed by atoms with E-state index in [0.29, 0.717) is 5.56 Å². The van der Waals surface area contributed by atoms with E-state index in [9.17, 15) is 5.26 Å². The van der Waals surface area contributed by atoms with E-state index in [-0.39, 0.29) is 10.2 Å². The molecule has 0 atom stereocenters. The highest BCUT2D eigenvalue weighted by molar-refractivity contribution is 6.42. The Morgan fingerprint density at radius 1 is 1.32 bits per heavy atom. The van der Waals surface area contributed by atoms with Gasteiger partial charge in [-0.2, -0.15) is 5.26 Å². The van der Waals surface area contributed by atoms with Gasteiger partial charge >= 0.3 is 0 Å². The number of pyridine rings is 1. The number of hydrogen-bond donors (Lipinski definition) is 0. The Kier molecular flexibility index (Phi) is 3.16. The van der Waals surface area contributed by atoms with Crippen molar-refractivity contribution in [1.29, 1.82) is 5.26 Å². The van der Waals surface area contributed by atoms with Gasteiger partial charge in [-0.05, 0) is 38.2 Å². The normalized spacial score (nSPS) is 14.4. The van der Waals surface area contributed by atoms with Gasteiger partial charge in [0, 0.05) is 12.2 Å². The predicted octanol–water partition coefficient (Wildman–Crippen LogP) is 4.11. The summed E-state index contributed by atoms with van der Waals surface area (Å²) in [5.74, 6) is 0. The lowest BCUT2D eigenvalue weighted by Crippen LogP contribution is -2.07. The molecule has 2 heterocycles. The Hall–Kier alpha value is -1.24. The predicted molar refractivity (Wildman–Crippen MR) is 76.8 cm³/mol. The molecule has 1 aliphatic carbocycles. The summed E-state index contributed by atoms with van der Waals surface area (Å²) in [4.78, 5) is 4.43. The molecule has 1 aliphatic rings. The molecule has 0 spiro atoms. The molecule has 0 amide bonds. The van der Waals surface area contributed by atoms with Gasteiger partial charge < -0.3 is 4.57 Å². The SMILES string of the molecule is CCn1c2c(c3nc(Cl)c(Cl)c(C#N)c31)CCCC2. The molecule has 2 aromatic rings. The number of halogens is 2. The first-order chi connectivity index (χ1) is 9.19. The Bertz CT molecular complexity index is 710. The van der Waals surface area contributed by atoms with Crippen LogP contribution in [0.15, 0.2) is 0 Å². The number of aryl methyl sites for hydroxylation is 2. The van der Waals surface area contributed by atoms with Crippen LogP contribution in [0.5, 0.6) is 0 Å². The van der Waals surface area contributed by atoms with Gasteiger partial charge in [0.25, 0.3) is 0 Å². The van der Waals surface area contributed by atoms with Crippen molar-refractivity contribution in [3.8, 4) is 6.07 Å². The monoisotopic (exact) mass is 293 g/mol. The second-order valence-corrected chi connectivity index (χ2v) is 5.51. The number of aromatic nitrogens is 2. The Balaban J connectivity index is 2.50. The molecule has 3 nitrogen and oxygen atoms in total. The van der Waals surface area contributed by atoms with Crippen LogP contribution in [0.4, 0.5) is 0 Å². The van der Waals surface area contributed by atoms with Crippen molar-refractivity contribution < 1.29 is 0 Å². The zero-order chi connectivity index (χ0) is 13.6. The Morgan fingerprint density at radius 3 is 2.74 bits per heavy atom. The van der Waals surface area contributed by atoms with Crippen molar-refractivity contribution in [3.05, 3.63) is 27.0 Å². The first-order valence-electron chi connectivity index (χ1n) is 6.48. The number of rotatable bonds is 1. The van der Waals surface area contributed by atoms with E-state index in [4.69, 9.17) is 23.2 Å². The van der Waals surface area contributed by atoms with Gasteiger partial charge in [0.05, 0.1) is 21.6 Å². The second-order valence-electron chi connectivity index (χ2n) is 4.78. The van der Waals surface area contributed by atoms with Gasteiger partial charge in [-0.25, -0.2) is 4.98 Å². The highest BCUT2D eigenvalue weighted by Gasteiger charge is 2.24.